The van der Waals surface area contributed by atoms with Crippen molar-refractivity contribution in [1.29, 1.82) is 0 Å². The van der Waals surface area contributed by atoms with Crippen molar-refractivity contribution in [3.05, 3.63) is 0 Å². The van der Waals surface area contributed by atoms with E-state index in [2.05, 4.69) is 5.32 Å². The summed E-state index contributed by atoms with van der Waals surface area (Å²) in [6.07, 6.45) is 2.96. The number of ether oxygens (including phenoxy) is 2. The maximum atomic E-state index is 11.1. The lowest BCUT2D eigenvalue weighted by molar-refractivity contribution is -0.143. The molecule has 0 aromatic rings. The Morgan fingerprint density at radius 1 is 1.06 bits per heavy atom. The number of rotatable bonds is 10. The first-order chi connectivity index (χ1) is 8.20. The van der Waals surface area contributed by atoms with Gasteiger partial charge in [-0.1, -0.05) is 13.3 Å². The van der Waals surface area contributed by atoms with Gasteiger partial charge >= 0.3 is 11.9 Å². The molecule has 0 rings (SSSR count). The van der Waals surface area contributed by atoms with Crippen molar-refractivity contribution >= 4 is 11.9 Å². The molecule has 0 aliphatic heterocycles. The Morgan fingerprint density at radius 2 is 1.82 bits per heavy atom. The largest absolute Gasteiger partial charge is 0.466 e. The van der Waals surface area contributed by atoms with E-state index >= 15 is 0 Å². The maximum Gasteiger partial charge on any atom is 0.319 e. The van der Waals surface area contributed by atoms with Gasteiger partial charge in [0.05, 0.1) is 19.8 Å². The summed E-state index contributed by atoms with van der Waals surface area (Å²) >= 11 is 0. The van der Waals surface area contributed by atoms with E-state index < -0.39 is 0 Å². The summed E-state index contributed by atoms with van der Waals surface area (Å²) in [6.45, 7) is 5.54. The number of carbonyl (C=O) groups excluding carboxylic acids is 2. The van der Waals surface area contributed by atoms with E-state index in [1.807, 2.05) is 6.92 Å². The predicted octanol–water partition coefficient (Wildman–Crippen LogP) is 1.26. The van der Waals surface area contributed by atoms with Gasteiger partial charge in [-0.2, -0.15) is 0 Å². The van der Waals surface area contributed by atoms with Crippen molar-refractivity contribution in [1.82, 2.24) is 5.32 Å². The van der Waals surface area contributed by atoms with Crippen LogP contribution < -0.4 is 5.32 Å². The van der Waals surface area contributed by atoms with Gasteiger partial charge in [0.1, 0.15) is 0 Å². The van der Waals surface area contributed by atoms with Gasteiger partial charge in [0.2, 0.25) is 0 Å². The standard InChI is InChI=1S/C12H23NO4/c1-3-5-9-17-12(15)10-13-8-6-7-11(14)16-4-2/h13H,3-10H2,1-2H3. The minimum absolute atomic E-state index is 0.195. The fourth-order valence-electron chi connectivity index (χ4n) is 1.16. The Balaban J connectivity index is 3.27. The van der Waals surface area contributed by atoms with Crippen molar-refractivity contribution in [3.8, 4) is 0 Å². The van der Waals surface area contributed by atoms with E-state index in [4.69, 9.17) is 9.47 Å². The minimum Gasteiger partial charge on any atom is -0.466 e. The van der Waals surface area contributed by atoms with Crippen molar-refractivity contribution in [2.45, 2.75) is 39.5 Å². The number of hydrogen-bond acceptors (Lipinski definition) is 5. The maximum absolute atomic E-state index is 11.1. The number of hydrogen-bond donors (Lipinski definition) is 1. The molecule has 0 aliphatic carbocycles. The predicted molar refractivity (Wildman–Crippen MR) is 64.6 cm³/mol. The molecule has 0 atom stereocenters. The molecule has 17 heavy (non-hydrogen) atoms. The highest BCUT2D eigenvalue weighted by Crippen LogP contribution is 1.91. The van der Waals surface area contributed by atoms with Crippen LogP contribution >= 0.6 is 0 Å². The van der Waals surface area contributed by atoms with Gasteiger partial charge in [0, 0.05) is 6.42 Å². The molecule has 0 spiro atoms. The SMILES string of the molecule is CCCCOC(=O)CNCCCC(=O)OCC. The fourth-order valence-corrected chi connectivity index (χ4v) is 1.16. The Bertz CT molecular complexity index is 219. The molecule has 0 amide bonds. The molecule has 0 radical (unpaired) electrons. The first-order valence-electron chi connectivity index (χ1n) is 6.22. The summed E-state index contributed by atoms with van der Waals surface area (Å²) in [7, 11) is 0. The number of esters is 2. The molecule has 0 unspecified atom stereocenters. The number of carbonyl (C=O) groups is 2. The third kappa shape index (κ3) is 11.2. The van der Waals surface area contributed by atoms with E-state index in [9.17, 15) is 9.59 Å². The topological polar surface area (TPSA) is 64.6 Å². The van der Waals surface area contributed by atoms with Gasteiger partial charge in [-0.15, -0.1) is 0 Å². The van der Waals surface area contributed by atoms with Crippen LogP contribution in [0.25, 0.3) is 0 Å². The van der Waals surface area contributed by atoms with E-state index in [1.54, 1.807) is 6.92 Å². The van der Waals surface area contributed by atoms with Crippen LogP contribution in [0.15, 0.2) is 0 Å². The second-order valence-corrected chi connectivity index (χ2v) is 3.66. The van der Waals surface area contributed by atoms with Gasteiger partial charge in [0.15, 0.2) is 0 Å². The quantitative estimate of drug-likeness (QED) is 0.464. The normalized spacial score (nSPS) is 10.0. The summed E-state index contributed by atoms with van der Waals surface area (Å²) in [6, 6.07) is 0. The van der Waals surface area contributed by atoms with E-state index in [-0.39, 0.29) is 18.5 Å². The van der Waals surface area contributed by atoms with Gasteiger partial charge in [0.25, 0.3) is 0 Å². The van der Waals surface area contributed by atoms with Crippen molar-refractivity contribution in [2.75, 3.05) is 26.3 Å². The van der Waals surface area contributed by atoms with Crippen LogP contribution in [-0.2, 0) is 19.1 Å². The highest BCUT2D eigenvalue weighted by molar-refractivity contribution is 5.71. The van der Waals surface area contributed by atoms with Crippen LogP contribution in [0.1, 0.15) is 39.5 Å². The van der Waals surface area contributed by atoms with Gasteiger partial charge < -0.3 is 14.8 Å². The highest BCUT2D eigenvalue weighted by atomic mass is 16.5. The van der Waals surface area contributed by atoms with Crippen LogP contribution in [0.5, 0.6) is 0 Å². The van der Waals surface area contributed by atoms with Crippen LogP contribution in [0.3, 0.4) is 0 Å². The van der Waals surface area contributed by atoms with Crippen LogP contribution in [-0.4, -0.2) is 38.2 Å². The zero-order valence-electron chi connectivity index (χ0n) is 10.8. The number of nitrogens with one attached hydrogen (secondary N) is 1. The molecule has 0 saturated heterocycles. The molecule has 100 valence electrons. The molecule has 0 fully saturated rings. The van der Waals surface area contributed by atoms with Crippen LogP contribution in [0, 0.1) is 0 Å². The molecule has 0 aliphatic rings. The van der Waals surface area contributed by atoms with Gasteiger partial charge in [-0.05, 0) is 26.3 Å². The number of unbranched alkanes of at least 4 members (excludes halogenated alkanes) is 1. The Morgan fingerprint density at radius 3 is 2.47 bits per heavy atom. The van der Waals surface area contributed by atoms with Crippen LogP contribution in [0.4, 0.5) is 0 Å². The first kappa shape index (κ1) is 15.9. The first-order valence-corrected chi connectivity index (χ1v) is 6.22. The molecule has 0 heterocycles. The van der Waals surface area contributed by atoms with Gasteiger partial charge in [-0.25, -0.2) is 0 Å². The fraction of sp³-hybridized carbons (Fsp3) is 0.833. The second kappa shape index (κ2) is 11.4. The molecule has 0 aromatic carbocycles. The zero-order chi connectivity index (χ0) is 12.9. The molecule has 0 saturated carbocycles. The zero-order valence-corrected chi connectivity index (χ0v) is 10.8. The van der Waals surface area contributed by atoms with Crippen molar-refractivity contribution in [3.63, 3.8) is 0 Å². The second-order valence-electron chi connectivity index (χ2n) is 3.66. The Labute approximate surface area is 103 Å². The third-order valence-electron chi connectivity index (χ3n) is 2.07. The lowest BCUT2D eigenvalue weighted by atomic mass is 10.3. The minimum atomic E-state index is -0.241. The van der Waals surface area contributed by atoms with Crippen molar-refractivity contribution < 1.29 is 19.1 Å². The van der Waals surface area contributed by atoms with E-state index in [1.165, 1.54) is 0 Å². The van der Waals surface area contributed by atoms with Gasteiger partial charge in [-0.3, -0.25) is 9.59 Å². The third-order valence-corrected chi connectivity index (χ3v) is 2.07. The van der Waals surface area contributed by atoms with Crippen molar-refractivity contribution in [2.24, 2.45) is 0 Å². The highest BCUT2D eigenvalue weighted by Gasteiger charge is 2.03. The summed E-state index contributed by atoms with van der Waals surface area (Å²) in [5, 5.41) is 2.93. The molecule has 5 heteroatoms. The smallest absolute Gasteiger partial charge is 0.319 e. The van der Waals surface area contributed by atoms with E-state index in [0.717, 1.165) is 12.8 Å². The van der Waals surface area contributed by atoms with E-state index in [0.29, 0.717) is 32.6 Å². The molecule has 1 N–H and O–H groups in total. The molecule has 5 nitrogen and oxygen atoms in total. The average molecular weight is 245 g/mol. The van der Waals surface area contributed by atoms with Crippen LogP contribution in [0.2, 0.25) is 0 Å². The average Bonchev–Trinajstić information content (AvgIpc) is 2.29. The summed E-state index contributed by atoms with van der Waals surface area (Å²) < 4.78 is 9.73. The monoisotopic (exact) mass is 245 g/mol. The Hall–Kier alpha value is -1.10. The molecular weight excluding hydrogens is 222 g/mol. The lowest BCUT2D eigenvalue weighted by Crippen LogP contribution is -2.26. The molecule has 0 bridgehead atoms. The molecular formula is C12H23NO4. The summed E-state index contributed by atoms with van der Waals surface area (Å²) in [5.74, 6) is -0.436. The summed E-state index contributed by atoms with van der Waals surface area (Å²) in [5.41, 5.74) is 0. The molecule has 0 aromatic heterocycles. The lowest BCUT2D eigenvalue weighted by Gasteiger charge is -2.05. The summed E-state index contributed by atoms with van der Waals surface area (Å²) in [4.78, 5) is 22.1. The Kier molecular flexibility index (Phi) is 10.7.